The van der Waals surface area contributed by atoms with Crippen molar-refractivity contribution in [3.05, 3.63) is 23.7 Å². The summed E-state index contributed by atoms with van der Waals surface area (Å²) in [4.78, 5) is 12.8. The van der Waals surface area contributed by atoms with E-state index in [0.29, 0.717) is 13.1 Å². The zero-order valence-electron chi connectivity index (χ0n) is 10.1. The lowest BCUT2D eigenvalue weighted by molar-refractivity contribution is -0.141. The molecule has 4 heteroatoms. The van der Waals surface area contributed by atoms with Gasteiger partial charge in [0, 0.05) is 6.54 Å². The van der Waals surface area contributed by atoms with Gasteiger partial charge in [0.15, 0.2) is 0 Å². The van der Waals surface area contributed by atoms with E-state index in [4.69, 9.17) is 9.52 Å². The third-order valence-electron chi connectivity index (χ3n) is 2.74. The van der Waals surface area contributed by atoms with Gasteiger partial charge in [-0.15, -0.1) is 0 Å². The second kappa shape index (κ2) is 5.70. The molecule has 0 aliphatic rings. The van der Waals surface area contributed by atoms with E-state index in [1.54, 1.807) is 13.2 Å². The predicted molar refractivity (Wildman–Crippen MR) is 61.2 cm³/mol. The van der Waals surface area contributed by atoms with Gasteiger partial charge in [-0.05, 0) is 25.1 Å². The molecular formula is C12H19NO3. The van der Waals surface area contributed by atoms with Crippen molar-refractivity contribution in [3.63, 3.8) is 0 Å². The normalized spacial score (nSPS) is 13.0. The molecule has 1 heterocycles. The molecule has 0 saturated heterocycles. The number of carboxylic acids is 1. The van der Waals surface area contributed by atoms with E-state index in [2.05, 4.69) is 4.90 Å². The Hall–Kier alpha value is -1.29. The molecule has 16 heavy (non-hydrogen) atoms. The molecular weight excluding hydrogens is 206 g/mol. The van der Waals surface area contributed by atoms with Crippen molar-refractivity contribution in [2.75, 3.05) is 13.1 Å². The van der Waals surface area contributed by atoms with Gasteiger partial charge in [-0.1, -0.05) is 13.8 Å². The molecule has 1 unspecified atom stereocenters. The smallest absolute Gasteiger partial charge is 0.307 e. The van der Waals surface area contributed by atoms with E-state index >= 15 is 0 Å². The summed E-state index contributed by atoms with van der Waals surface area (Å²) >= 11 is 0. The van der Waals surface area contributed by atoms with Gasteiger partial charge in [0.2, 0.25) is 0 Å². The van der Waals surface area contributed by atoms with Gasteiger partial charge in [0.1, 0.15) is 5.76 Å². The molecule has 0 spiro atoms. The van der Waals surface area contributed by atoms with Crippen molar-refractivity contribution in [2.24, 2.45) is 5.92 Å². The van der Waals surface area contributed by atoms with Crippen LogP contribution in [-0.4, -0.2) is 29.1 Å². The summed E-state index contributed by atoms with van der Waals surface area (Å²) in [6.07, 6.45) is 1.67. The quantitative estimate of drug-likeness (QED) is 0.805. The minimum absolute atomic E-state index is 0.352. The number of hydrogen-bond donors (Lipinski definition) is 1. The highest BCUT2D eigenvalue weighted by molar-refractivity contribution is 5.69. The van der Waals surface area contributed by atoms with Crippen LogP contribution >= 0.6 is 0 Å². The molecule has 4 nitrogen and oxygen atoms in total. The Labute approximate surface area is 95.9 Å². The number of aliphatic carboxylic acids is 1. The van der Waals surface area contributed by atoms with Crippen LogP contribution in [0.3, 0.4) is 0 Å². The molecule has 0 saturated carbocycles. The average molecular weight is 225 g/mol. The van der Waals surface area contributed by atoms with Gasteiger partial charge in [-0.3, -0.25) is 9.69 Å². The number of carbonyl (C=O) groups is 1. The molecule has 1 aromatic rings. The number of aryl methyl sites for hydroxylation is 1. The van der Waals surface area contributed by atoms with E-state index in [0.717, 1.165) is 17.9 Å². The molecule has 0 bridgehead atoms. The lowest BCUT2D eigenvalue weighted by Gasteiger charge is -2.21. The van der Waals surface area contributed by atoms with Gasteiger partial charge < -0.3 is 9.52 Å². The number of rotatable bonds is 6. The summed E-state index contributed by atoms with van der Waals surface area (Å²) < 4.78 is 5.35. The van der Waals surface area contributed by atoms with Gasteiger partial charge in [-0.25, -0.2) is 0 Å². The third kappa shape index (κ3) is 3.38. The van der Waals surface area contributed by atoms with Crippen LogP contribution in [0, 0.1) is 12.8 Å². The number of hydrogen-bond acceptors (Lipinski definition) is 3. The number of furan rings is 1. The second-order valence-corrected chi connectivity index (χ2v) is 4.09. The summed E-state index contributed by atoms with van der Waals surface area (Å²) in [5, 5.41) is 8.86. The molecule has 0 fully saturated rings. The zero-order valence-corrected chi connectivity index (χ0v) is 10.1. The van der Waals surface area contributed by atoms with Crippen LogP contribution in [0.2, 0.25) is 0 Å². The molecule has 1 aromatic heterocycles. The minimum atomic E-state index is -0.755. The Morgan fingerprint density at radius 1 is 1.62 bits per heavy atom. The highest BCUT2D eigenvalue weighted by Crippen LogP contribution is 2.13. The van der Waals surface area contributed by atoms with Crippen molar-refractivity contribution in [2.45, 2.75) is 27.3 Å². The van der Waals surface area contributed by atoms with Crippen LogP contribution in [0.15, 0.2) is 16.7 Å². The SMILES string of the molecule is CCN(Cc1occc1C)CC(C)C(=O)O. The topological polar surface area (TPSA) is 53.7 Å². The highest BCUT2D eigenvalue weighted by atomic mass is 16.4. The first-order valence-corrected chi connectivity index (χ1v) is 5.52. The molecule has 0 aromatic carbocycles. The molecule has 1 N–H and O–H groups in total. The fraction of sp³-hybridized carbons (Fsp3) is 0.583. The lowest BCUT2D eigenvalue weighted by atomic mass is 10.1. The first-order valence-electron chi connectivity index (χ1n) is 5.52. The Morgan fingerprint density at radius 3 is 2.75 bits per heavy atom. The van der Waals surface area contributed by atoms with Crippen LogP contribution in [0.25, 0.3) is 0 Å². The monoisotopic (exact) mass is 225 g/mol. The molecule has 1 rings (SSSR count). The van der Waals surface area contributed by atoms with Crippen LogP contribution in [0.4, 0.5) is 0 Å². The first-order chi connectivity index (χ1) is 7.54. The summed E-state index contributed by atoms with van der Waals surface area (Å²) in [5.41, 5.74) is 1.11. The molecule has 0 radical (unpaired) electrons. The van der Waals surface area contributed by atoms with Crippen LogP contribution < -0.4 is 0 Å². The first kappa shape index (κ1) is 12.8. The van der Waals surface area contributed by atoms with E-state index < -0.39 is 5.97 Å². The Kier molecular flexibility index (Phi) is 4.55. The number of nitrogens with zero attached hydrogens (tertiary/aromatic N) is 1. The lowest BCUT2D eigenvalue weighted by Crippen LogP contribution is -2.31. The summed E-state index contributed by atoms with van der Waals surface area (Å²) in [5.74, 6) is -0.190. The van der Waals surface area contributed by atoms with E-state index in [1.807, 2.05) is 19.9 Å². The van der Waals surface area contributed by atoms with Gasteiger partial charge >= 0.3 is 5.97 Å². The van der Waals surface area contributed by atoms with Crippen LogP contribution in [0.1, 0.15) is 25.2 Å². The Morgan fingerprint density at radius 2 is 2.31 bits per heavy atom. The van der Waals surface area contributed by atoms with Crippen molar-refractivity contribution < 1.29 is 14.3 Å². The van der Waals surface area contributed by atoms with Crippen molar-refractivity contribution >= 4 is 5.97 Å². The largest absolute Gasteiger partial charge is 0.481 e. The van der Waals surface area contributed by atoms with E-state index in [9.17, 15) is 4.79 Å². The maximum atomic E-state index is 10.8. The third-order valence-corrected chi connectivity index (χ3v) is 2.74. The molecule has 1 atom stereocenters. The molecule has 90 valence electrons. The van der Waals surface area contributed by atoms with E-state index in [-0.39, 0.29) is 5.92 Å². The fourth-order valence-electron chi connectivity index (χ4n) is 1.54. The maximum absolute atomic E-state index is 10.8. The van der Waals surface area contributed by atoms with Crippen LogP contribution in [-0.2, 0) is 11.3 Å². The Balaban J connectivity index is 2.56. The average Bonchev–Trinajstić information content (AvgIpc) is 2.63. The fourth-order valence-corrected chi connectivity index (χ4v) is 1.54. The van der Waals surface area contributed by atoms with E-state index in [1.165, 1.54) is 0 Å². The Bertz CT molecular complexity index is 346. The van der Waals surface area contributed by atoms with Gasteiger partial charge in [0.05, 0.1) is 18.7 Å². The molecule has 0 aliphatic carbocycles. The summed E-state index contributed by atoms with van der Waals surface area (Å²) in [6, 6.07) is 1.92. The van der Waals surface area contributed by atoms with Gasteiger partial charge in [-0.2, -0.15) is 0 Å². The minimum Gasteiger partial charge on any atom is -0.481 e. The van der Waals surface area contributed by atoms with Crippen molar-refractivity contribution in [3.8, 4) is 0 Å². The van der Waals surface area contributed by atoms with Crippen LogP contribution in [0.5, 0.6) is 0 Å². The van der Waals surface area contributed by atoms with Gasteiger partial charge in [0.25, 0.3) is 0 Å². The zero-order chi connectivity index (χ0) is 12.1. The highest BCUT2D eigenvalue weighted by Gasteiger charge is 2.16. The standard InChI is InChI=1S/C12H19NO3/c1-4-13(7-10(3)12(14)15)8-11-9(2)5-6-16-11/h5-6,10H,4,7-8H2,1-3H3,(H,14,15). The summed E-state index contributed by atoms with van der Waals surface area (Å²) in [6.45, 7) is 7.77. The summed E-state index contributed by atoms with van der Waals surface area (Å²) in [7, 11) is 0. The maximum Gasteiger partial charge on any atom is 0.307 e. The van der Waals surface area contributed by atoms with Crippen molar-refractivity contribution in [1.29, 1.82) is 0 Å². The molecule has 0 amide bonds. The predicted octanol–water partition coefficient (Wildman–Crippen LogP) is 2.13. The second-order valence-electron chi connectivity index (χ2n) is 4.09. The number of carboxylic acid groups (broad SMARTS) is 1. The van der Waals surface area contributed by atoms with Crippen molar-refractivity contribution in [1.82, 2.24) is 4.90 Å². The molecule has 0 aliphatic heterocycles.